The van der Waals surface area contributed by atoms with Crippen LogP contribution >= 0.6 is 0 Å². The lowest BCUT2D eigenvalue weighted by atomic mass is 10.2. The van der Waals surface area contributed by atoms with E-state index in [4.69, 9.17) is 5.73 Å². The summed E-state index contributed by atoms with van der Waals surface area (Å²) >= 11 is 0. The SMILES string of the molecule is CC(O)CN(C)S(=O)(=O)c1cccc(F)c1CN. The second-order valence-corrected chi connectivity index (χ2v) is 6.07. The van der Waals surface area contributed by atoms with Gasteiger partial charge >= 0.3 is 0 Å². The molecule has 0 spiro atoms. The minimum absolute atomic E-state index is 0.0463. The largest absolute Gasteiger partial charge is 0.392 e. The van der Waals surface area contributed by atoms with Crippen LogP contribution in [0.15, 0.2) is 23.1 Å². The Balaban J connectivity index is 3.24. The number of likely N-dealkylation sites (N-methyl/N-ethyl adjacent to an activating group) is 1. The third kappa shape index (κ3) is 3.05. The first kappa shape index (κ1) is 15.0. The molecular formula is C11H17FN2O3S. The van der Waals surface area contributed by atoms with Gasteiger partial charge in [-0.05, 0) is 19.1 Å². The van der Waals surface area contributed by atoms with Gasteiger partial charge in [0.15, 0.2) is 0 Å². The average Bonchev–Trinajstić information content (AvgIpc) is 2.27. The van der Waals surface area contributed by atoms with Crippen molar-refractivity contribution in [3.63, 3.8) is 0 Å². The van der Waals surface area contributed by atoms with Crippen LogP contribution in [0, 0.1) is 5.82 Å². The zero-order chi connectivity index (χ0) is 13.9. The summed E-state index contributed by atoms with van der Waals surface area (Å²) in [6.07, 6.45) is -0.806. The predicted octanol–water partition coefficient (Wildman–Crippen LogP) is 0.286. The first-order chi connectivity index (χ1) is 8.30. The zero-order valence-electron chi connectivity index (χ0n) is 10.3. The normalized spacial score (nSPS) is 13.9. The minimum atomic E-state index is -3.85. The first-order valence-corrected chi connectivity index (χ1v) is 6.86. The van der Waals surface area contributed by atoms with E-state index in [0.717, 1.165) is 10.4 Å². The van der Waals surface area contributed by atoms with Gasteiger partial charge in [0.2, 0.25) is 10.0 Å². The molecule has 1 aromatic rings. The molecule has 0 amide bonds. The maximum absolute atomic E-state index is 13.5. The lowest BCUT2D eigenvalue weighted by Gasteiger charge is -2.20. The van der Waals surface area contributed by atoms with Crippen molar-refractivity contribution in [1.82, 2.24) is 4.31 Å². The van der Waals surface area contributed by atoms with E-state index in [9.17, 15) is 17.9 Å². The Kier molecular flexibility index (Phi) is 4.80. The Morgan fingerprint density at radius 2 is 2.11 bits per heavy atom. The third-order valence-corrected chi connectivity index (χ3v) is 4.40. The molecule has 0 aliphatic heterocycles. The van der Waals surface area contributed by atoms with Crippen molar-refractivity contribution >= 4 is 10.0 Å². The van der Waals surface area contributed by atoms with E-state index >= 15 is 0 Å². The van der Waals surface area contributed by atoms with Crippen LogP contribution in [-0.4, -0.2) is 37.5 Å². The maximum atomic E-state index is 13.5. The van der Waals surface area contributed by atoms with E-state index in [2.05, 4.69) is 0 Å². The van der Waals surface area contributed by atoms with Crippen LogP contribution < -0.4 is 5.73 Å². The summed E-state index contributed by atoms with van der Waals surface area (Å²) in [7, 11) is -2.52. The molecule has 0 aliphatic carbocycles. The van der Waals surface area contributed by atoms with E-state index in [1.165, 1.54) is 26.1 Å². The highest BCUT2D eigenvalue weighted by Crippen LogP contribution is 2.21. The summed E-state index contributed by atoms with van der Waals surface area (Å²) in [5.74, 6) is -0.649. The summed E-state index contributed by atoms with van der Waals surface area (Å²) in [5, 5.41) is 9.21. The quantitative estimate of drug-likeness (QED) is 0.809. The molecule has 7 heteroatoms. The van der Waals surface area contributed by atoms with Gasteiger partial charge in [-0.2, -0.15) is 4.31 Å². The van der Waals surface area contributed by atoms with Gasteiger partial charge in [-0.3, -0.25) is 0 Å². The molecule has 0 aromatic heterocycles. The zero-order valence-corrected chi connectivity index (χ0v) is 11.1. The van der Waals surface area contributed by atoms with Crippen molar-refractivity contribution in [3.05, 3.63) is 29.6 Å². The van der Waals surface area contributed by atoms with Crippen LogP contribution in [0.5, 0.6) is 0 Å². The fourth-order valence-corrected chi connectivity index (χ4v) is 3.11. The third-order valence-electron chi connectivity index (χ3n) is 2.49. The smallest absolute Gasteiger partial charge is 0.243 e. The van der Waals surface area contributed by atoms with E-state index in [-0.39, 0.29) is 23.5 Å². The predicted molar refractivity (Wildman–Crippen MR) is 65.8 cm³/mol. The second kappa shape index (κ2) is 5.75. The molecule has 0 radical (unpaired) electrons. The number of hydrogen-bond donors (Lipinski definition) is 2. The highest BCUT2D eigenvalue weighted by molar-refractivity contribution is 7.89. The van der Waals surface area contributed by atoms with Crippen molar-refractivity contribution in [2.45, 2.75) is 24.5 Å². The molecule has 0 aliphatic rings. The molecule has 1 atom stereocenters. The summed E-state index contributed by atoms with van der Waals surface area (Å²) in [6, 6.07) is 3.78. The maximum Gasteiger partial charge on any atom is 0.243 e. The van der Waals surface area contributed by atoms with Crippen LogP contribution in [0.25, 0.3) is 0 Å². The van der Waals surface area contributed by atoms with Crippen molar-refractivity contribution < 1.29 is 17.9 Å². The van der Waals surface area contributed by atoms with Gasteiger partial charge in [-0.15, -0.1) is 0 Å². The van der Waals surface area contributed by atoms with Crippen LogP contribution in [-0.2, 0) is 16.6 Å². The number of nitrogens with two attached hydrogens (primary N) is 1. The van der Waals surface area contributed by atoms with Gasteiger partial charge in [-0.1, -0.05) is 6.07 Å². The fraction of sp³-hybridized carbons (Fsp3) is 0.455. The summed E-state index contributed by atoms with van der Waals surface area (Å²) in [4.78, 5) is -0.159. The van der Waals surface area contributed by atoms with Crippen LogP contribution in [0.3, 0.4) is 0 Å². The Hall–Kier alpha value is -1.02. The number of aliphatic hydroxyl groups is 1. The molecule has 0 saturated carbocycles. The second-order valence-electron chi connectivity index (χ2n) is 4.06. The van der Waals surface area contributed by atoms with Gasteiger partial charge in [0.25, 0.3) is 0 Å². The molecule has 102 valence electrons. The highest BCUT2D eigenvalue weighted by atomic mass is 32.2. The number of rotatable bonds is 5. The molecule has 1 unspecified atom stereocenters. The van der Waals surface area contributed by atoms with Gasteiger partial charge in [0.05, 0.1) is 11.0 Å². The van der Waals surface area contributed by atoms with E-state index in [0.29, 0.717) is 0 Å². The molecule has 0 bridgehead atoms. The molecule has 18 heavy (non-hydrogen) atoms. The Morgan fingerprint density at radius 3 is 2.61 bits per heavy atom. The van der Waals surface area contributed by atoms with Gasteiger partial charge in [-0.25, -0.2) is 12.8 Å². The first-order valence-electron chi connectivity index (χ1n) is 5.42. The van der Waals surface area contributed by atoms with Crippen molar-refractivity contribution in [2.24, 2.45) is 5.73 Å². The number of sulfonamides is 1. The van der Waals surface area contributed by atoms with Crippen molar-refractivity contribution in [3.8, 4) is 0 Å². The molecular weight excluding hydrogens is 259 g/mol. The molecule has 1 aromatic carbocycles. The number of hydrogen-bond acceptors (Lipinski definition) is 4. The molecule has 0 fully saturated rings. The van der Waals surface area contributed by atoms with E-state index in [1.807, 2.05) is 0 Å². The van der Waals surface area contributed by atoms with Crippen molar-refractivity contribution in [2.75, 3.05) is 13.6 Å². The number of halogens is 1. The Bertz CT molecular complexity index is 517. The molecule has 3 N–H and O–H groups in total. The summed E-state index contributed by atoms with van der Waals surface area (Å²) in [6.45, 7) is 1.20. The molecule has 1 rings (SSSR count). The fourth-order valence-electron chi connectivity index (χ4n) is 1.62. The Morgan fingerprint density at radius 1 is 1.50 bits per heavy atom. The molecule has 0 heterocycles. The van der Waals surface area contributed by atoms with Gasteiger partial charge in [0.1, 0.15) is 5.82 Å². The number of nitrogens with zero attached hydrogens (tertiary/aromatic N) is 1. The number of benzene rings is 1. The monoisotopic (exact) mass is 276 g/mol. The van der Waals surface area contributed by atoms with Crippen LogP contribution in [0.2, 0.25) is 0 Å². The van der Waals surface area contributed by atoms with Crippen LogP contribution in [0.1, 0.15) is 12.5 Å². The number of aliphatic hydroxyl groups excluding tert-OH is 1. The summed E-state index contributed by atoms with van der Waals surface area (Å²) in [5.41, 5.74) is 5.33. The molecule has 0 saturated heterocycles. The lowest BCUT2D eigenvalue weighted by Crippen LogP contribution is -2.34. The van der Waals surface area contributed by atoms with Gasteiger partial charge in [0, 0.05) is 25.7 Å². The highest BCUT2D eigenvalue weighted by Gasteiger charge is 2.25. The lowest BCUT2D eigenvalue weighted by molar-refractivity contribution is 0.171. The standard InChI is InChI=1S/C11H17FN2O3S/c1-8(15)7-14(2)18(16,17)11-5-3-4-10(12)9(11)6-13/h3-5,8,15H,6-7,13H2,1-2H3. The van der Waals surface area contributed by atoms with Gasteiger partial charge < -0.3 is 10.8 Å². The minimum Gasteiger partial charge on any atom is -0.392 e. The Labute approximate surface area is 106 Å². The van der Waals surface area contributed by atoms with E-state index in [1.54, 1.807) is 0 Å². The molecule has 5 nitrogen and oxygen atoms in total. The summed E-state index contributed by atoms with van der Waals surface area (Å²) < 4.78 is 38.9. The van der Waals surface area contributed by atoms with Crippen LogP contribution in [0.4, 0.5) is 4.39 Å². The average molecular weight is 276 g/mol. The van der Waals surface area contributed by atoms with Crippen molar-refractivity contribution in [1.29, 1.82) is 0 Å². The topological polar surface area (TPSA) is 83.6 Å². The van der Waals surface area contributed by atoms with E-state index < -0.39 is 21.9 Å².